The maximum Gasteiger partial charge on any atom is 0.253 e. The van der Waals surface area contributed by atoms with Crippen LogP contribution >= 0.6 is 0 Å². The van der Waals surface area contributed by atoms with E-state index in [1.807, 2.05) is 30.9 Å². The van der Waals surface area contributed by atoms with Gasteiger partial charge in [0, 0.05) is 24.6 Å². The molecule has 1 aliphatic carbocycles. The lowest BCUT2D eigenvalue weighted by atomic mass is 9.61. The molecule has 1 amide bonds. The predicted octanol–water partition coefficient (Wildman–Crippen LogP) is 4.92. The zero-order valence-electron chi connectivity index (χ0n) is 18.1. The average molecular weight is 391 g/mol. The second-order valence-corrected chi connectivity index (χ2v) is 8.99. The lowest BCUT2D eigenvalue weighted by Gasteiger charge is -2.45. The fraction of sp³-hybridized carbons (Fsp3) is 0.500. The average Bonchev–Trinajstić information content (AvgIpc) is 2.75. The molecule has 0 saturated carbocycles. The molecule has 1 aliphatic heterocycles. The van der Waals surface area contributed by atoms with Crippen molar-refractivity contribution in [3.63, 3.8) is 0 Å². The maximum atomic E-state index is 12.7. The molecule has 1 spiro atoms. The van der Waals surface area contributed by atoms with Crippen LogP contribution in [0.15, 0.2) is 42.5 Å². The number of rotatable bonds is 4. The van der Waals surface area contributed by atoms with E-state index in [4.69, 9.17) is 0 Å². The number of amides is 1. The van der Waals surface area contributed by atoms with E-state index < -0.39 is 0 Å². The van der Waals surface area contributed by atoms with Gasteiger partial charge in [-0.1, -0.05) is 35.9 Å². The normalized spacial score (nSPS) is 20.3. The molecule has 1 heterocycles. The van der Waals surface area contributed by atoms with E-state index in [9.17, 15) is 4.79 Å². The molecule has 29 heavy (non-hydrogen) atoms. The van der Waals surface area contributed by atoms with Crippen LogP contribution in [0.3, 0.4) is 0 Å². The first-order chi connectivity index (χ1) is 14.0. The highest BCUT2D eigenvalue weighted by Gasteiger charge is 2.40. The van der Waals surface area contributed by atoms with Crippen LogP contribution in [0.4, 0.5) is 0 Å². The molecule has 2 aliphatic rings. The lowest BCUT2D eigenvalue weighted by molar-refractivity contribution is 0.0773. The highest BCUT2D eigenvalue weighted by atomic mass is 16.2. The van der Waals surface area contributed by atoms with Crippen LogP contribution in [-0.4, -0.2) is 37.0 Å². The first kappa shape index (κ1) is 20.2. The van der Waals surface area contributed by atoms with Crippen LogP contribution in [-0.2, 0) is 6.42 Å². The van der Waals surface area contributed by atoms with Gasteiger partial charge in [0.15, 0.2) is 0 Å². The monoisotopic (exact) mass is 390 g/mol. The van der Waals surface area contributed by atoms with Crippen LogP contribution in [0.25, 0.3) is 0 Å². The van der Waals surface area contributed by atoms with Crippen molar-refractivity contribution in [2.24, 2.45) is 5.41 Å². The van der Waals surface area contributed by atoms with Gasteiger partial charge in [-0.05, 0) is 93.8 Å². The number of fused-ring (bicyclic) bond motifs is 1. The summed E-state index contributed by atoms with van der Waals surface area (Å²) in [5, 5.41) is 3.54. The van der Waals surface area contributed by atoms with E-state index in [0.29, 0.717) is 11.3 Å². The third kappa shape index (κ3) is 3.98. The summed E-state index contributed by atoms with van der Waals surface area (Å²) in [6.07, 6.45) is 4.94. The quantitative estimate of drug-likeness (QED) is 0.803. The number of nitrogens with zero attached hydrogens (tertiary/aromatic N) is 1. The minimum atomic E-state index is 0.135. The molecule has 2 aromatic rings. The van der Waals surface area contributed by atoms with Crippen molar-refractivity contribution < 1.29 is 4.79 Å². The Labute approximate surface area is 175 Å². The van der Waals surface area contributed by atoms with Crippen LogP contribution in [0.5, 0.6) is 0 Å². The van der Waals surface area contributed by atoms with Gasteiger partial charge in [-0.3, -0.25) is 4.79 Å². The lowest BCUT2D eigenvalue weighted by Crippen LogP contribution is -2.41. The molecule has 154 valence electrons. The SMILES string of the molecule is CCN(CC)C(=O)c1ccc(C2CC3(CCNCC3)Cc3ccc(C)cc32)cc1. The maximum absolute atomic E-state index is 12.7. The summed E-state index contributed by atoms with van der Waals surface area (Å²) in [7, 11) is 0. The van der Waals surface area contributed by atoms with Gasteiger partial charge in [0.2, 0.25) is 0 Å². The van der Waals surface area contributed by atoms with Crippen molar-refractivity contribution in [1.82, 2.24) is 10.2 Å². The Morgan fingerprint density at radius 3 is 2.41 bits per heavy atom. The standard InChI is InChI=1S/C26H34N2O/c1-4-28(5-2)25(29)21-10-8-20(9-11-21)24-18-26(12-14-27-15-13-26)17-22-7-6-19(3)16-23(22)24/h6-11,16,24,27H,4-5,12-15,17-18H2,1-3H3. The summed E-state index contributed by atoms with van der Waals surface area (Å²) < 4.78 is 0. The minimum absolute atomic E-state index is 0.135. The van der Waals surface area contributed by atoms with Gasteiger partial charge in [0.05, 0.1) is 0 Å². The second kappa shape index (κ2) is 8.31. The number of benzene rings is 2. The van der Waals surface area contributed by atoms with E-state index in [0.717, 1.165) is 31.7 Å². The minimum Gasteiger partial charge on any atom is -0.339 e. The Balaban J connectivity index is 1.67. The van der Waals surface area contributed by atoms with Crippen molar-refractivity contribution in [2.75, 3.05) is 26.2 Å². The molecule has 1 N–H and O–H groups in total. The smallest absolute Gasteiger partial charge is 0.253 e. The Morgan fingerprint density at radius 2 is 1.76 bits per heavy atom. The van der Waals surface area contributed by atoms with Crippen molar-refractivity contribution in [1.29, 1.82) is 0 Å². The summed E-state index contributed by atoms with van der Waals surface area (Å²) in [6, 6.07) is 15.5. The summed E-state index contributed by atoms with van der Waals surface area (Å²) in [5.74, 6) is 0.561. The van der Waals surface area contributed by atoms with E-state index in [2.05, 4.69) is 42.6 Å². The summed E-state index contributed by atoms with van der Waals surface area (Å²) in [5.41, 5.74) is 6.92. The van der Waals surface area contributed by atoms with E-state index in [1.165, 1.54) is 47.9 Å². The molecule has 3 nitrogen and oxygen atoms in total. The van der Waals surface area contributed by atoms with Gasteiger partial charge in [-0.15, -0.1) is 0 Å². The number of aryl methyl sites for hydroxylation is 1. The van der Waals surface area contributed by atoms with Gasteiger partial charge in [-0.25, -0.2) is 0 Å². The zero-order chi connectivity index (χ0) is 20.4. The summed E-state index contributed by atoms with van der Waals surface area (Å²) >= 11 is 0. The molecule has 1 atom stereocenters. The molecule has 1 fully saturated rings. The van der Waals surface area contributed by atoms with E-state index in [-0.39, 0.29) is 5.91 Å². The highest BCUT2D eigenvalue weighted by Crippen LogP contribution is 2.49. The Bertz CT molecular complexity index is 861. The molecule has 0 bridgehead atoms. The molecule has 3 heteroatoms. The van der Waals surface area contributed by atoms with Gasteiger partial charge >= 0.3 is 0 Å². The first-order valence-electron chi connectivity index (χ1n) is 11.2. The number of nitrogens with one attached hydrogen (secondary N) is 1. The summed E-state index contributed by atoms with van der Waals surface area (Å²) in [6.45, 7) is 10.0. The third-order valence-electron chi connectivity index (χ3n) is 7.15. The molecule has 0 aromatic heterocycles. The van der Waals surface area contributed by atoms with Crippen molar-refractivity contribution in [2.45, 2.75) is 52.4 Å². The molecule has 4 rings (SSSR count). The molecule has 0 radical (unpaired) electrons. The molecule has 1 unspecified atom stereocenters. The Kier molecular flexibility index (Phi) is 5.78. The van der Waals surface area contributed by atoms with Crippen LogP contribution in [0.1, 0.15) is 71.6 Å². The summed E-state index contributed by atoms with van der Waals surface area (Å²) in [4.78, 5) is 14.6. The van der Waals surface area contributed by atoms with Crippen LogP contribution < -0.4 is 5.32 Å². The number of piperidine rings is 1. The number of carbonyl (C=O) groups excluding carboxylic acids is 1. The largest absolute Gasteiger partial charge is 0.339 e. The van der Waals surface area contributed by atoms with Gasteiger partial charge < -0.3 is 10.2 Å². The number of hydrogen-bond donors (Lipinski definition) is 1. The van der Waals surface area contributed by atoms with Crippen molar-refractivity contribution in [3.8, 4) is 0 Å². The van der Waals surface area contributed by atoms with Gasteiger partial charge in [0.25, 0.3) is 5.91 Å². The van der Waals surface area contributed by atoms with Crippen LogP contribution in [0.2, 0.25) is 0 Å². The van der Waals surface area contributed by atoms with Crippen molar-refractivity contribution in [3.05, 3.63) is 70.3 Å². The van der Waals surface area contributed by atoms with Crippen LogP contribution in [0, 0.1) is 12.3 Å². The molecular weight excluding hydrogens is 356 g/mol. The number of carbonyl (C=O) groups is 1. The Hall–Kier alpha value is -2.13. The molecular formula is C26H34N2O. The first-order valence-corrected chi connectivity index (χ1v) is 11.2. The number of hydrogen-bond acceptors (Lipinski definition) is 2. The van der Waals surface area contributed by atoms with Gasteiger partial charge in [-0.2, -0.15) is 0 Å². The van der Waals surface area contributed by atoms with Crippen molar-refractivity contribution >= 4 is 5.91 Å². The Morgan fingerprint density at radius 1 is 1.07 bits per heavy atom. The van der Waals surface area contributed by atoms with E-state index >= 15 is 0 Å². The fourth-order valence-electron chi connectivity index (χ4n) is 5.41. The zero-order valence-corrected chi connectivity index (χ0v) is 18.1. The predicted molar refractivity (Wildman–Crippen MR) is 120 cm³/mol. The molecule has 1 saturated heterocycles. The topological polar surface area (TPSA) is 32.3 Å². The third-order valence-corrected chi connectivity index (χ3v) is 7.15. The van der Waals surface area contributed by atoms with Gasteiger partial charge in [0.1, 0.15) is 0 Å². The van der Waals surface area contributed by atoms with E-state index in [1.54, 1.807) is 0 Å². The molecule has 2 aromatic carbocycles. The highest BCUT2D eigenvalue weighted by molar-refractivity contribution is 5.94. The second-order valence-electron chi connectivity index (χ2n) is 8.99. The fourth-order valence-corrected chi connectivity index (χ4v) is 5.41.